The van der Waals surface area contributed by atoms with E-state index in [1.807, 2.05) is 5.32 Å². The van der Waals surface area contributed by atoms with Crippen LogP contribution in [0.2, 0.25) is 0 Å². The first-order valence-corrected chi connectivity index (χ1v) is 3.61. The number of rotatable bonds is 1. The summed E-state index contributed by atoms with van der Waals surface area (Å²) in [7, 11) is 0. The highest BCUT2D eigenvalue weighted by Gasteiger charge is 2.36. The molecule has 0 radical (unpaired) electrons. The number of aromatic nitrogens is 1. The van der Waals surface area contributed by atoms with Crippen LogP contribution in [0, 0.1) is 6.92 Å². The molecular weight excluding hydrogens is 176 g/mol. The average Bonchev–Trinajstić information content (AvgIpc) is 2.58. The summed E-state index contributed by atoms with van der Waals surface area (Å²) in [4.78, 5) is 21.7. The third-order valence-corrected chi connectivity index (χ3v) is 1.59. The number of amides is 2. The van der Waals surface area contributed by atoms with E-state index >= 15 is 0 Å². The molecule has 0 aromatic carbocycles. The highest BCUT2D eigenvalue weighted by molar-refractivity contribution is 6.00. The van der Waals surface area contributed by atoms with Gasteiger partial charge in [0.15, 0.2) is 5.76 Å². The summed E-state index contributed by atoms with van der Waals surface area (Å²) >= 11 is 0. The van der Waals surface area contributed by atoms with Crippen molar-refractivity contribution in [3.05, 3.63) is 17.5 Å². The number of aryl methyl sites for hydroxylation is 1. The second-order valence-electron chi connectivity index (χ2n) is 2.65. The Morgan fingerprint density at radius 3 is 2.77 bits per heavy atom. The van der Waals surface area contributed by atoms with Gasteiger partial charge in [-0.2, -0.15) is 0 Å². The fourth-order valence-electron chi connectivity index (χ4n) is 1.05. The molecule has 1 aromatic rings. The minimum absolute atomic E-state index is 0.237. The molecule has 0 aliphatic carbocycles. The Kier molecular flexibility index (Phi) is 1.54. The summed E-state index contributed by atoms with van der Waals surface area (Å²) in [6.07, 6.45) is -1.75. The number of cyclic esters (lactones) is 1. The molecule has 6 nitrogen and oxygen atoms in total. The quantitative estimate of drug-likeness (QED) is 0.675. The van der Waals surface area contributed by atoms with Crippen molar-refractivity contribution in [3.8, 4) is 0 Å². The van der Waals surface area contributed by atoms with E-state index in [9.17, 15) is 9.59 Å². The zero-order valence-corrected chi connectivity index (χ0v) is 6.73. The van der Waals surface area contributed by atoms with Crippen LogP contribution in [0.5, 0.6) is 0 Å². The van der Waals surface area contributed by atoms with Crippen molar-refractivity contribution >= 4 is 12.0 Å². The van der Waals surface area contributed by atoms with Crippen molar-refractivity contribution < 1.29 is 18.8 Å². The standard InChI is InChI=1S/C7H6N2O4/c1-3-2-4(13-9-3)5-6(10)8-7(11)12-5/h2,5H,1H3,(H,8,10,11). The molecule has 1 unspecified atom stereocenters. The van der Waals surface area contributed by atoms with Gasteiger partial charge in [-0.3, -0.25) is 10.1 Å². The van der Waals surface area contributed by atoms with Gasteiger partial charge in [-0.15, -0.1) is 0 Å². The van der Waals surface area contributed by atoms with E-state index in [4.69, 9.17) is 4.52 Å². The summed E-state index contributed by atoms with van der Waals surface area (Å²) in [5.74, 6) is -0.290. The summed E-state index contributed by atoms with van der Waals surface area (Å²) in [5, 5.41) is 5.56. The molecule has 0 bridgehead atoms. The van der Waals surface area contributed by atoms with E-state index < -0.39 is 18.1 Å². The molecule has 0 saturated carbocycles. The first-order valence-electron chi connectivity index (χ1n) is 3.61. The number of nitrogens with one attached hydrogen (secondary N) is 1. The number of carbonyl (C=O) groups excluding carboxylic acids is 2. The van der Waals surface area contributed by atoms with Gasteiger partial charge in [-0.25, -0.2) is 4.79 Å². The molecule has 68 valence electrons. The maximum Gasteiger partial charge on any atom is 0.415 e. The smallest absolute Gasteiger partial charge is 0.415 e. The molecule has 2 rings (SSSR count). The summed E-state index contributed by atoms with van der Waals surface area (Å²) in [5.41, 5.74) is 0.630. The summed E-state index contributed by atoms with van der Waals surface area (Å²) in [6, 6.07) is 1.54. The van der Waals surface area contributed by atoms with Crippen LogP contribution in [0.1, 0.15) is 17.6 Å². The lowest BCUT2D eigenvalue weighted by Gasteiger charge is -1.98. The minimum Gasteiger partial charge on any atom is -0.427 e. The fraction of sp³-hybridized carbons (Fsp3) is 0.286. The lowest BCUT2D eigenvalue weighted by atomic mass is 10.2. The second-order valence-corrected chi connectivity index (χ2v) is 2.65. The Labute approximate surface area is 72.8 Å². The van der Waals surface area contributed by atoms with Gasteiger partial charge in [-0.1, -0.05) is 5.16 Å². The molecule has 2 amide bonds. The largest absolute Gasteiger partial charge is 0.427 e. The molecule has 1 aromatic heterocycles. The van der Waals surface area contributed by atoms with E-state index in [0.29, 0.717) is 5.69 Å². The lowest BCUT2D eigenvalue weighted by molar-refractivity contribution is -0.124. The van der Waals surface area contributed by atoms with Gasteiger partial charge in [0.05, 0.1) is 5.69 Å². The highest BCUT2D eigenvalue weighted by Crippen LogP contribution is 2.22. The van der Waals surface area contributed by atoms with Crippen LogP contribution in [0.15, 0.2) is 10.6 Å². The maximum atomic E-state index is 11.0. The normalized spacial score (nSPS) is 21.5. The topological polar surface area (TPSA) is 81.4 Å². The van der Waals surface area contributed by atoms with Crippen molar-refractivity contribution in [1.82, 2.24) is 10.5 Å². The zero-order chi connectivity index (χ0) is 9.42. The third kappa shape index (κ3) is 1.26. The van der Waals surface area contributed by atoms with E-state index in [1.54, 1.807) is 13.0 Å². The predicted molar refractivity (Wildman–Crippen MR) is 38.6 cm³/mol. The average molecular weight is 182 g/mol. The summed E-state index contributed by atoms with van der Waals surface area (Å²) in [6.45, 7) is 1.71. The van der Waals surface area contributed by atoms with Gasteiger partial charge in [0, 0.05) is 6.07 Å². The van der Waals surface area contributed by atoms with E-state index in [-0.39, 0.29) is 5.76 Å². The molecular formula is C7H6N2O4. The first kappa shape index (κ1) is 7.78. The molecule has 2 heterocycles. The summed E-state index contributed by atoms with van der Waals surface area (Å²) < 4.78 is 9.42. The van der Waals surface area contributed by atoms with Crippen molar-refractivity contribution in [3.63, 3.8) is 0 Å². The van der Waals surface area contributed by atoms with Crippen LogP contribution in [-0.2, 0) is 9.53 Å². The molecule has 1 N–H and O–H groups in total. The number of hydrogen-bond acceptors (Lipinski definition) is 5. The van der Waals surface area contributed by atoms with E-state index in [1.165, 1.54) is 0 Å². The van der Waals surface area contributed by atoms with E-state index in [2.05, 4.69) is 9.89 Å². The van der Waals surface area contributed by atoms with Crippen LogP contribution < -0.4 is 5.32 Å². The number of imide groups is 1. The molecule has 6 heteroatoms. The van der Waals surface area contributed by atoms with Crippen molar-refractivity contribution in [1.29, 1.82) is 0 Å². The number of carbonyl (C=O) groups is 2. The molecule has 0 spiro atoms. The van der Waals surface area contributed by atoms with Gasteiger partial charge < -0.3 is 9.26 Å². The fourth-order valence-corrected chi connectivity index (χ4v) is 1.05. The van der Waals surface area contributed by atoms with Crippen LogP contribution in [0.4, 0.5) is 4.79 Å². The Morgan fingerprint density at radius 1 is 1.54 bits per heavy atom. The SMILES string of the molecule is Cc1cc(C2OC(=O)NC2=O)on1. The molecule has 1 aliphatic heterocycles. The van der Waals surface area contributed by atoms with Crippen molar-refractivity contribution in [2.45, 2.75) is 13.0 Å². The Hall–Kier alpha value is -1.85. The molecule has 1 fully saturated rings. The Morgan fingerprint density at radius 2 is 2.31 bits per heavy atom. The van der Waals surface area contributed by atoms with Gasteiger partial charge in [0.1, 0.15) is 0 Å². The predicted octanol–water partition coefficient (Wildman–Crippen LogP) is 0.291. The number of ether oxygens (including phenoxy) is 1. The third-order valence-electron chi connectivity index (χ3n) is 1.59. The minimum atomic E-state index is -0.992. The van der Waals surface area contributed by atoms with Crippen molar-refractivity contribution in [2.24, 2.45) is 0 Å². The van der Waals surface area contributed by atoms with Crippen LogP contribution >= 0.6 is 0 Å². The number of alkyl carbamates (subject to hydrolysis) is 1. The van der Waals surface area contributed by atoms with Crippen LogP contribution in [-0.4, -0.2) is 17.2 Å². The van der Waals surface area contributed by atoms with E-state index in [0.717, 1.165) is 0 Å². The highest BCUT2D eigenvalue weighted by atomic mass is 16.6. The van der Waals surface area contributed by atoms with Gasteiger partial charge in [-0.05, 0) is 6.92 Å². The molecule has 1 aliphatic rings. The van der Waals surface area contributed by atoms with Gasteiger partial charge >= 0.3 is 6.09 Å². The maximum absolute atomic E-state index is 11.0. The Balaban J connectivity index is 2.27. The number of nitrogens with zero attached hydrogens (tertiary/aromatic N) is 1. The molecule has 1 atom stereocenters. The molecule has 1 saturated heterocycles. The van der Waals surface area contributed by atoms with Gasteiger partial charge in [0.2, 0.25) is 6.10 Å². The second kappa shape index (κ2) is 2.58. The monoisotopic (exact) mass is 182 g/mol. The Bertz CT molecular complexity index is 370. The van der Waals surface area contributed by atoms with Crippen LogP contribution in [0.25, 0.3) is 0 Å². The number of hydrogen-bond donors (Lipinski definition) is 1. The lowest BCUT2D eigenvalue weighted by Crippen LogP contribution is -2.20. The van der Waals surface area contributed by atoms with Crippen molar-refractivity contribution in [2.75, 3.05) is 0 Å². The van der Waals surface area contributed by atoms with Crippen LogP contribution in [0.3, 0.4) is 0 Å². The first-order chi connectivity index (χ1) is 6.16. The molecule has 13 heavy (non-hydrogen) atoms. The zero-order valence-electron chi connectivity index (χ0n) is 6.73. The van der Waals surface area contributed by atoms with Gasteiger partial charge in [0.25, 0.3) is 5.91 Å².